The molecule has 2 rings (SSSR count). The number of amides is 1. The fourth-order valence-corrected chi connectivity index (χ4v) is 5.22. The van der Waals surface area contributed by atoms with Crippen molar-refractivity contribution in [3.8, 4) is 0 Å². The fourth-order valence-electron chi connectivity index (χ4n) is 2.55. The van der Waals surface area contributed by atoms with Crippen LogP contribution in [0.15, 0.2) is 35.2 Å². The maximum Gasteiger partial charge on any atom is 0.249 e. The lowest BCUT2D eigenvalue weighted by Crippen LogP contribution is -2.45. The summed E-state index contributed by atoms with van der Waals surface area (Å²) in [4.78, 5) is 12.7. The molecule has 27 heavy (non-hydrogen) atoms. The number of nitrogens with zero attached hydrogens (tertiary/aromatic N) is 3. The Morgan fingerprint density at radius 1 is 1.33 bits per heavy atom. The van der Waals surface area contributed by atoms with Crippen molar-refractivity contribution in [2.45, 2.75) is 31.2 Å². The molecule has 1 aromatic heterocycles. The maximum atomic E-state index is 12.7. The zero-order valence-electron chi connectivity index (χ0n) is 15.6. The van der Waals surface area contributed by atoms with Crippen LogP contribution in [0.4, 0.5) is 10.8 Å². The molecule has 0 unspecified atom stereocenters. The number of sulfonamides is 1. The van der Waals surface area contributed by atoms with E-state index in [4.69, 9.17) is 0 Å². The summed E-state index contributed by atoms with van der Waals surface area (Å²) in [5, 5.41) is 10.9. The van der Waals surface area contributed by atoms with Crippen LogP contribution in [0, 0.1) is 13.8 Å². The number of carbonyl (C=O) groups is 1. The van der Waals surface area contributed by atoms with Crippen LogP contribution >= 0.6 is 23.1 Å². The second-order valence-corrected chi connectivity index (χ2v) is 10.1. The molecule has 7 nitrogen and oxygen atoms in total. The summed E-state index contributed by atoms with van der Waals surface area (Å²) >= 11 is 2.69. The molecule has 1 aromatic carbocycles. The van der Waals surface area contributed by atoms with Crippen LogP contribution in [0.5, 0.6) is 0 Å². The first kappa shape index (κ1) is 21.4. The first-order valence-electron chi connectivity index (χ1n) is 8.07. The van der Waals surface area contributed by atoms with Crippen LogP contribution in [-0.2, 0) is 14.8 Å². The number of thioether (sulfide) groups is 1. The zero-order valence-corrected chi connectivity index (χ0v) is 18.0. The summed E-state index contributed by atoms with van der Waals surface area (Å²) in [5.74, 6) is 0.212. The summed E-state index contributed by atoms with van der Waals surface area (Å²) < 4.78 is 26.6. The van der Waals surface area contributed by atoms with E-state index in [2.05, 4.69) is 22.1 Å². The van der Waals surface area contributed by atoms with Gasteiger partial charge in [0, 0.05) is 5.75 Å². The van der Waals surface area contributed by atoms with Gasteiger partial charge in [0.2, 0.25) is 21.1 Å². The number of aromatic nitrogens is 2. The van der Waals surface area contributed by atoms with E-state index in [1.54, 1.807) is 25.1 Å². The quantitative estimate of drug-likeness (QED) is 0.396. The van der Waals surface area contributed by atoms with Crippen molar-refractivity contribution in [1.29, 1.82) is 0 Å². The number of benzene rings is 1. The highest BCUT2D eigenvalue weighted by Crippen LogP contribution is 2.27. The Morgan fingerprint density at radius 3 is 2.52 bits per heavy atom. The van der Waals surface area contributed by atoms with Gasteiger partial charge in [-0.25, -0.2) is 8.42 Å². The number of carbonyl (C=O) groups excluding carboxylic acids is 1. The average Bonchev–Trinajstić information content (AvgIpc) is 2.98. The summed E-state index contributed by atoms with van der Waals surface area (Å²) in [6.45, 7) is 8.95. The second-order valence-electron chi connectivity index (χ2n) is 6.04. The summed E-state index contributed by atoms with van der Waals surface area (Å²) in [7, 11) is -3.67. The Kier molecular flexibility index (Phi) is 7.01. The minimum absolute atomic E-state index is 0.326. The Bertz CT molecular complexity index is 920. The van der Waals surface area contributed by atoms with E-state index in [-0.39, 0.29) is 0 Å². The van der Waals surface area contributed by atoms with Crippen molar-refractivity contribution in [3.05, 3.63) is 42.0 Å². The standard InChI is InChI=1S/C17H22N4O3S3/c1-6-7-25-17-20-19-16(26-17)18-15(22)13(4)21(27(5,23)24)14-9-11(2)8-12(3)10-14/h6,8-10,13H,1,7H2,2-5H3,(H,18,19,22)/t13-/m0/s1. The Hall–Kier alpha value is -1.91. The van der Waals surface area contributed by atoms with Crippen LogP contribution in [0.2, 0.25) is 0 Å². The number of aryl methyl sites for hydroxylation is 2. The van der Waals surface area contributed by atoms with Crippen LogP contribution in [0.1, 0.15) is 18.1 Å². The lowest BCUT2D eigenvalue weighted by molar-refractivity contribution is -0.116. The molecular formula is C17H22N4O3S3. The van der Waals surface area contributed by atoms with Crippen molar-refractivity contribution in [2.24, 2.45) is 0 Å². The van der Waals surface area contributed by atoms with Crippen LogP contribution < -0.4 is 9.62 Å². The predicted molar refractivity (Wildman–Crippen MR) is 112 cm³/mol. The molecule has 0 bridgehead atoms. The summed E-state index contributed by atoms with van der Waals surface area (Å²) in [5.41, 5.74) is 2.29. The number of anilines is 2. The van der Waals surface area contributed by atoms with Crippen LogP contribution in [-0.4, -0.2) is 42.6 Å². The Morgan fingerprint density at radius 2 is 1.96 bits per heavy atom. The first-order chi connectivity index (χ1) is 12.6. The fraction of sp³-hybridized carbons (Fsp3) is 0.353. The van der Waals surface area contributed by atoms with Crippen molar-refractivity contribution in [2.75, 3.05) is 21.6 Å². The van der Waals surface area contributed by atoms with Gasteiger partial charge in [-0.15, -0.1) is 16.8 Å². The van der Waals surface area contributed by atoms with Crippen molar-refractivity contribution < 1.29 is 13.2 Å². The molecule has 1 amide bonds. The van der Waals surface area contributed by atoms with Crippen LogP contribution in [0.3, 0.4) is 0 Å². The average molecular weight is 427 g/mol. The minimum Gasteiger partial charge on any atom is -0.299 e. The molecule has 0 saturated heterocycles. The van der Waals surface area contributed by atoms with Gasteiger partial charge in [0.05, 0.1) is 11.9 Å². The Labute approximate surface area is 167 Å². The minimum atomic E-state index is -3.67. The van der Waals surface area contributed by atoms with Gasteiger partial charge in [0.25, 0.3) is 0 Å². The topological polar surface area (TPSA) is 92.3 Å². The smallest absolute Gasteiger partial charge is 0.249 e. The number of nitrogens with one attached hydrogen (secondary N) is 1. The molecule has 0 spiro atoms. The maximum absolute atomic E-state index is 12.7. The molecule has 0 aliphatic heterocycles. The van der Waals surface area contributed by atoms with Gasteiger partial charge >= 0.3 is 0 Å². The predicted octanol–water partition coefficient (Wildman–Crippen LogP) is 3.23. The first-order valence-corrected chi connectivity index (χ1v) is 11.7. The van der Waals surface area contributed by atoms with Gasteiger partial charge in [-0.1, -0.05) is 35.2 Å². The monoisotopic (exact) mass is 426 g/mol. The second kappa shape index (κ2) is 8.85. The molecule has 10 heteroatoms. The van der Waals surface area contributed by atoms with Crippen molar-refractivity contribution in [1.82, 2.24) is 10.2 Å². The van der Waals surface area contributed by atoms with E-state index < -0.39 is 22.0 Å². The highest BCUT2D eigenvalue weighted by Gasteiger charge is 2.30. The van der Waals surface area contributed by atoms with E-state index >= 15 is 0 Å². The van der Waals surface area contributed by atoms with Gasteiger partial charge in [-0.05, 0) is 44.0 Å². The molecule has 1 N–H and O–H groups in total. The lowest BCUT2D eigenvalue weighted by Gasteiger charge is -2.28. The van der Waals surface area contributed by atoms with Gasteiger partial charge in [0.1, 0.15) is 6.04 Å². The van der Waals surface area contributed by atoms with E-state index in [1.165, 1.54) is 23.1 Å². The van der Waals surface area contributed by atoms with E-state index in [9.17, 15) is 13.2 Å². The normalized spacial score (nSPS) is 12.4. The lowest BCUT2D eigenvalue weighted by atomic mass is 10.1. The highest BCUT2D eigenvalue weighted by atomic mass is 32.2. The molecule has 1 atom stereocenters. The van der Waals surface area contributed by atoms with Crippen molar-refractivity contribution >= 4 is 49.8 Å². The van der Waals surface area contributed by atoms with Gasteiger partial charge < -0.3 is 0 Å². The number of hydrogen-bond donors (Lipinski definition) is 1. The SMILES string of the molecule is C=CCSc1nnc(NC(=O)[C@H](C)N(c2cc(C)cc(C)c2)S(C)(=O)=O)s1. The van der Waals surface area contributed by atoms with Gasteiger partial charge in [-0.3, -0.25) is 14.4 Å². The molecule has 0 saturated carbocycles. The molecule has 1 heterocycles. The van der Waals surface area contributed by atoms with Gasteiger partial charge in [-0.2, -0.15) is 0 Å². The molecule has 146 valence electrons. The molecule has 0 fully saturated rings. The van der Waals surface area contributed by atoms with E-state index in [1.807, 2.05) is 19.9 Å². The summed E-state index contributed by atoms with van der Waals surface area (Å²) in [6, 6.07) is 4.48. The molecule has 2 aromatic rings. The molecule has 0 radical (unpaired) electrons. The third-order valence-corrected chi connectivity index (χ3v) is 6.72. The number of rotatable bonds is 8. The third kappa shape index (κ3) is 5.78. The van der Waals surface area contributed by atoms with Crippen LogP contribution in [0.25, 0.3) is 0 Å². The highest BCUT2D eigenvalue weighted by molar-refractivity contribution is 8.01. The molecule has 0 aliphatic rings. The van der Waals surface area contributed by atoms with Gasteiger partial charge in [0.15, 0.2) is 4.34 Å². The summed E-state index contributed by atoms with van der Waals surface area (Å²) in [6.07, 6.45) is 2.84. The zero-order chi connectivity index (χ0) is 20.2. The van der Waals surface area contributed by atoms with Crippen molar-refractivity contribution in [3.63, 3.8) is 0 Å². The molecule has 0 aliphatic carbocycles. The van der Waals surface area contributed by atoms with E-state index in [0.717, 1.165) is 21.7 Å². The molecular weight excluding hydrogens is 404 g/mol. The largest absolute Gasteiger partial charge is 0.299 e. The van der Waals surface area contributed by atoms with E-state index in [0.29, 0.717) is 20.9 Å². The Balaban J connectivity index is 2.24. The third-order valence-electron chi connectivity index (χ3n) is 3.51. The number of hydrogen-bond acceptors (Lipinski definition) is 7.